The Bertz CT molecular complexity index is 554. The predicted octanol–water partition coefficient (Wildman–Crippen LogP) is 0.407. The van der Waals surface area contributed by atoms with Gasteiger partial charge in [-0.25, -0.2) is 9.78 Å². The molecular formula is C11H13N3O4S. The fourth-order valence-corrected chi connectivity index (χ4v) is 2.62. The molecule has 2 amide bonds. The quantitative estimate of drug-likeness (QED) is 0.638. The summed E-state index contributed by atoms with van der Waals surface area (Å²) in [4.78, 5) is 40.4. The van der Waals surface area contributed by atoms with Crippen LogP contribution in [0.2, 0.25) is 0 Å². The van der Waals surface area contributed by atoms with Gasteiger partial charge in [0.25, 0.3) is 5.91 Å². The van der Waals surface area contributed by atoms with E-state index in [2.05, 4.69) is 15.0 Å². The third-order valence-electron chi connectivity index (χ3n) is 2.85. The van der Waals surface area contributed by atoms with Crippen LogP contribution in [0.1, 0.15) is 21.8 Å². The Kier molecular flexibility index (Phi) is 3.52. The van der Waals surface area contributed by atoms with Gasteiger partial charge in [-0.05, 0) is 6.92 Å². The van der Waals surface area contributed by atoms with Crippen LogP contribution in [0.15, 0.2) is 0 Å². The van der Waals surface area contributed by atoms with Gasteiger partial charge in [0.15, 0.2) is 10.8 Å². The number of aromatic nitrogens is 1. The zero-order valence-corrected chi connectivity index (χ0v) is 11.5. The minimum atomic E-state index is -0.617. The van der Waals surface area contributed by atoms with Crippen LogP contribution in [0.3, 0.4) is 0 Å². The molecule has 0 aromatic carbocycles. The highest BCUT2D eigenvalue weighted by molar-refractivity contribution is 7.15. The maximum Gasteiger partial charge on any atom is 0.357 e. The van der Waals surface area contributed by atoms with Crippen LogP contribution in [0.5, 0.6) is 0 Å². The number of thiazole rings is 1. The molecule has 1 aromatic heterocycles. The molecule has 0 radical (unpaired) electrons. The molecule has 0 aliphatic carbocycles. The number of likely N-dealkylation sites (N-methyl/N-ethyl adjacent to an activating group) is 1. The molecule has 2 heterocycles. The van der Waals surface area contributed by atoms with Crippen molar-refractivity contribution < 1.29 is 19.1 Å². The Morgan fingerprint density at radius 3 is 2.74 bits per heavy atom. The molecule has 1 atom stereocenters. The zero-order valence-electron chi connectivity index (χ0n) is 10.7. The second-order valence-electron chi connectivity index (χ2n) is 4.11. The van der Waals surface area contributed by atoms with Crippen molar-refractivity contribution in [1.29, 1.82) is 0 Å². The number of hydrogen-bond acceptors (Lipinski definition) is 7. The summed E-state index contributed by atoms with van der Waals surface area (Å²) in [6.07, 6.45) is 0.0987. The number of methoxy groups -OCH3 is 1. The molecule has 1 N–H and O–H groups in total. The predicted molar refractivity (Wildman–Crippen MR) is 68.0 cm³/mol. The fourth-order valence-electron chi connectivity index (χ4n) is 1.76. The molecular weight excluding hydrogens is 270 g/mol. The second-order valence-corrected chi connectivity index (χ2v) is 5.31. The Balaban J connectivity index is 2.15. The van der Waals surface area contributed by atoms with E-state index in [4.69, 9.17) is 0 Å². The molecule has 1 saturated heterocycles. The molecule has 0 saturated carbocycles. The highest BCUT2D eigenvalue weighted by atomic mass is 32.1. The van der Waals surface area contributed by atoms with Gasteiger partial charge < -0.3 is 10.1 Å². The minimum Gasteiger partial charge on any atom is -0.464 e. The smallest absolute Gasteiger partial charge is 0.357 e. The minimum absolute atomic E-state index is 0.0987. The topological polar surface area (TPSA) is 88.6 Å². The third kappa shape index (κ3) is 2.43. The number of hydrogen-bond donors (Lipinski definition) is 1. The van der Waals surface area contributed by atoms with Gasteiger partial charge in [-0.1, -0.05) is 0 Å². The van der Waals surface area contributed by atoms with Gasteiger partial charge in [0.2, 0.25) is 5.91 Å². The first kappa shape index (κ1) is 13.5. The number of nitrogens with zero attached hydrogens (tertiary/aromatic N) is 2. The molecule has 0 bridgehead atoms. The van der Waals surface area contributed by atoms with Crippen LogP contribution in [-0.4, -0.2) is 47.9 Å². The average molecular weight is 283 g/mol. The summed E-state index contributed by atoms with van der Waals surface area (Å²) in [7, 11) is 2.72. The normalized spacial score (nSPS) is 18.9. The molecule has 0 spiro atoms. The van der Waals surface area contributed by atoms with Crippen LogP contribution in [0, 0.1) is 6.92 Å². The first-order valence-corrected chi connectivity index (χ1v) is 6.38. The monoisotopic (exact) mass is 283 g/mol. The number of ether oxygens (including phenoxy) is 1. The standard InChI is InChI=1S/C11H13N3O4S/c1-5-8(10(17)18-3)13-11(19-5)12-6-4-7(15)14(2)9(6)16/h6H,4H2,1-3H3,(H,12,13). The van der Waals surface area contributed by atoms with Gasteiger partial charge in [-0.15, -0.1) is 11.3 Å². The van der Waals surface area contributed by atoms with Crippen LogP contribution in [-0.2, 0) is 14.3 Å². The van der Waals surface area contributed by atoms with Gasteiger partial charge in [0.1, 0.15) is 6.04 Å². The lowest BCUT2D eigenvalue weighted by atomic mass is 10.2. The van der Waals surface area contributed by atoms with E-state index in [-0.39, 0.29) is 23.9 Å². The van der Waals surface area contributed by atoms with E-state index in [0.717, 1.165) is 4.90 Å². The van der Waals surface area contributed by atoms with Crippen molar-refractivity contribution in [3.05, 3.63) is 10.6 Å². The van der Waals surface area contributed by atoms with E-state index in [1.165, 1.54) is 25.5 Å². The van der Waals surface area contributed by atoms with Crippen LogP contribution >= 0.6 is 11.3 Å². The van der Waals surface area contributed by atoms with Crippen molar-refractivity contribution in [2.24, 2.45) is 0 Å². The van der Waals surface area contributed by atoms with Crippen LogP contribution < -0.4 is 5.32 Å². The zero-order chi connectivity index (χ0) is 14.2. The number of anilines is 1. The van der Waals surface area contributed by atoms with E-state index in [9.17, 15) is 14.4 Å². The first-order chi connectivity index (χ1) is 8.93. The van der Waals surface area contributed by atoms with Crippen LogP contribution in [0.4, 0.5) is 5.13 Å². The number of rotatable bonds is 3. The van der Waals surface area contributed by atoms with E-state index >= 15 is 0 Å². The summed E-state index contributed by atoms with van der Waals surface area (Å²) < 4.78 is 4.60. The Morgan fingerprint density at radius 1 is 1.53 bits per heavy atom. The lowest BCUT2D eigenvalue weighted by Crippen LogP contribution is -2.31. The van der Waals surface area contributed by atoms with Crippen LogP contribution in [0.25, 0.3) is 0 Å². The van der Waals surface area contributed by atoms with Gasteiger partial charge in [-0.3, -0.25) is 14.5 Å². The van der Waals surface area contributed by atoms with E-state index < -0.39 is 12.0 Å². The Labute approximate surface area is 113 Å². The van der Waals surface area contributed by atoms with Gasteiger partial charge in [0.05, 0.1) is 13.5 Å². The van der Waals surface area contributed by atoms with Crippen molar-refractivity contribution in [3.63, 3.8) is 0 Å². The molecule has 19 heavy (non-hydrogen) atoms. The number of amides is 2. The SMILES string of the molecule is COC(=O)c1nc(NC2CC(=O)N(C)C2=O)sc1C. The van der Waals surface area contributed by atoms with Crippen molar-refractivity contribution >= 4 is 34.3 Å². The number of esters is 1. The maximum atomic E-state index is 11.7. The summed E-state index contributed by atoms with van der Waals surface area (Å²) in [5.74, 6) is -1.05. The molecule has 8 heteroatoms. The van der Waals surface area contributed by atoms with Gasteiger partial charge in [-0.2, -0.15) is 0 Å². The molecule has 1 aliphatic rings. The molecule has 1 fully saturated rings. The number of likely N-dealkylation sites (tertiary alicyclic amines) is 1. The molecule has 7 nitrogen and oxygen atoms in total. The third-order valence-corrected chi connectivity index (χ3v) is 3.76. The highest BCUT2D eigenvalue weighted by Crippen LogP contribution is 2.25. The maximum absolute atomic E-state index is 11.7. The number of carbonyl (C=O) groups excluding carboxylic acids is 3. The molecule has 1 aliphatic heterocycles. The van der Waals surface area contributed by atoms with E-state index in [0.29, 0.717) is 10.0 Å². The lowest BCUT2D eigenvalue weighted by Gasteiger charge is -2.09. The van der Waals surface area contributed by atoms with Crippen molar-refractivity contribution in [3.8, 4) is 0 Å². The highest BCUT2D eigenvalue weighted by Gasteiger charge is 2.36. The number of carbonyl (C=O) groups is 3. The van der Waals surface area contributed by atoms with Gasteiger partial charge >= 0.3 is 5.97 Å². The van der Waals surface area contributed by atoms with Crippen molar-refractivity contribution in [1.82, 2.24) is 9.88 Å². The summed E-state index contributed by atoms with van der Waals surface area (Å²) in [6, 6.07) is -0.617. The Morgan fingerprint density at radius 2 is 2.21 bits per heavy atom. The molecule has 102 valence electrons. The van der Waals surface area contributed by atoms with E-state index in [1.807, 2.05) is 0 Å². The molecule has 1 unspecified atom stereocenters. The lowest BCUT2D eigenvalue weighted by molar-refractivity contribution is -0.136. The average Bonchev–Trinajstić information content (AvgIpc) is 2.85. The molecule has 1 aromatic rings. The summed E-state index contributed by atoms with van der Waals surface area (Å²) >= 11 is 1.24. The largest absolute Gasteiger partial charge is 0.464 e. The fraction of sp³-hybridized carbons (Fsp3) is 0.455. The van der Waals surface area contributed by atoms with E-state index in [1.54, 1.807) is 6.92 Å². The molecule has 2 rings (SSSR count). The van der Waals surface area contributed by atoms with Crippen molar-refractivity contribution in [2.75, 3.05) is 19.5 Å². The number of nitrogens with one attached hydrogen (secondary N) is 1. The Hall–Kier alpha value is -1.96. The number of imide groups is 1. The second kappa shape index (κ2) is 4.96. The number of aryl methyl sites for hydroxylation is 1. The summed E-state index contributed by atoms with van der Waals surface area (Å²) in [5.41, 5.74) is 0.222. The summed E-state index contributed by atoms with van der Waals surface area (Å²) in [5, 5.41) is 3.31. The first-order valence-electron chi connectivity index (χ1n) is 5.56. The summed E-state index contributed by atoms with van der Waals surface area (Å²) in [6.45, 7) is 1.74. The van der Waals surface area contributed by atoms with Gasteiger partial charge in [0, 0.05) is 11.9 Å². The van der Waals surface area contributed by atoms with Crippen molar-refractivity contribution in [2.45, 2.75) is 19.4 Å².